The van der Waals surface area contributed by atoms with Crippen LogP contribution in [0.1, 0.15) is 36.0 Å². The van der Waals surface area contributed by atoms with Gasteiger partial charge in [-0.05, 0) is 54.7 Å². The number of piperidine rings is 1. The molecule has 2 unspecified atom stereocenters. The van der Waals surface area contributed by atoms with E-state index in [0.717, 1.165) is 14.9 Å². The Balaban J connectivity index is 1.39. The highest BCUT2D eigenvalue weighted by Gasteiger charge is 2.58. The Labute approximate surface area is 220 Å². The Kier molecular flexibility index (Phi) is 6.65. The number of benzene rings is 2. The lowest BCUT2D eigenvalue weighted by Crippen LogP contribution is -2.53. The number of carboxylic acid groups (broad SMARTS) is 1. The van der Waals surface area contributed by atoms with Gasteiger partial charge in [-0.1, -0.05) is 34.1 Å². The lowest BCUT2D eigenvalue weighted by atomic mass is 9.95. The molecule has 0 bridgehead atoms. The van der Waals surface area contributed by atoms with Gasteiger partial charge < -0.3 is 19.6 Å². The number of carbonyl (C=O) groups excluding carboxylic acids is 3. The van der Waals surface area contributed by atoms with Crippen LogP contribution in [0, 0.1) is 5.82 Å². The van der Waals surface area contributed by atoms with Crippen molar-refractivity contribution in [1.29, 1.82) is 0 Å². The third kappa shape index (κ3) is 4.68. The van der Waals surface area contributed by atoms with Crippen LogP contribution in [0.2, 0.25) is 0 Å². The minimum Gasteiger partial charge on any atom is -0.465 e. The molecule has 11 heteroatoms. The molecule has 1 spiro atoms. The second-order valence-corrected chi connectivity index (χ2v) is 10.5. The quantitative estimate of drug-likeness (QED) is 0.581. The van der Waals surface area contributed by atoms with Crippen LogP contribution >= 0.6 is 15.9 Å². The molecule has 4 amide bonds. The second-order valence-electron chi connectivity index (χ2n) is 9.56. The van der Waals surface area contributed by atoms with E-state index in [1.165, 1.54) is 21.9 Å². The predicted octanol–water partition coefficient (Wildman–Crippen LogP) is 3.88. The highest BCUT2D eigenvalue weighted by molar-refractivity contribution is 9.10. The molecule has 2 atom stereocenters. The van der Waals surface area contributed by atoms with Gasteiger partial charge >= 0.3 is 12.2 Å². The molecule has 2 saturated heterocycles. The van der Waals surface area contributed by atoms with E-state index < -0.39 is 48.0 Å². The largest absolute Gasteiger partial charge is 0.465 e. The number of carbonyl (C=O) groups is 4. The second kappa shape index (κ2) is 9.77. The van der Waals surface area contributed by atoms with E-state index in [2.05, 4.69) is 15.9 Å². The van der Waals surface area contributed by atoms with Gasteiger partial charge in [0.1, 0.15) is 12.4 Å². The van der Waals surface area contributed by atoms with Crippen molar-refractivity contribution in [2.75, 3.05) is 19.6 Å². The molecule has 1 N–H and O–H groups in total. The van der Waals surface area contributed by atoms with E-state index in [4.69, 9.17) is 4.74 Å². The summed E-state index contributed by atoms with van der Waals surface area (Å²) in [6.45, 7) is 0.0125. The van der Waals surface area contributed by atoms with Crippen molar-refractivity contribution < 1.29 is 33.4 Å². The van der Waals surface area contributed by atoms with Gasteiger partial charge in [-0.3, -0.25) is 9.59 Å². The van der Waals surface area contributed by atoms with Gasteiger partial charge in [-0.2, -0.15) is 0 Å². The van der Waals surface area contributed by atoms with Crippen molar-refractivity contribution in [3.8, 4) is 0 Å². The zero-order chi connectivity index (χ0) is 26.3. The minimum atomic E-state index is -1.44. The first-order valence-corrected chi connectivity index (χ1v) is 12.8. The minimum absolute atomic E-state index is 0.0797. The third-order valence-electron chi connectivity index (χ3n) is 7.31. The van der Waals surface area contributed by atoms with Crippen molar-refractivity contribution in [3.05, 3.63) is 69.4 Å². The van der Waals surface area contributed by atoms with E-state index in [0.29, 0.717) is 43.4 Å². The Morgan fingerprint density at radius 1 is 1.19 bits per heavy atom. The molecule has 2 heterocycles. The van der Waals surface area contributed by atoms with Gasteiger partial charge in [0, 0.05) is 42.1 Å². The Morgan fingerprint density at radius 3 is 2.68 bits per heavy atom. The van der Waals surface area contributed by atoms with Crippen molar-refractivity contribution in [2.45, 2.75) is 43.9 Å². The topological polar surface area (TPSA) is 107 Å². The van der Waals surface area contributed by atoms with Crippen LogP contribution in [-0.4, -0.2) is 69.5 Å². The SMILES string of the molecule is O=C(O)N1CCCC(N(Cc2ccc(F)cc2)C(=O)CN2C(=O)OC3(CCc4cc(Br)ccc43)C2=O)C1. The number of aryl methyl sites for hydroxylation is 1. The number of nitrogens with zero attached hydrogens (tertiary/aromatic N) is 3. The highest BCUT2D eigenvalue weighted by atomic mass is 79.9. The molecule has 2 aliphatic heterocycles. The summed E-state index contributed by atoms with van der Waals surface area (Å²) < 4.78 is 19.9. The van der Waals surface area contributed by atoms with Gasteiger partial charge in [-0.25, -0.2) is 18.9 Å². The summed E-state index contributed by atoms with van der Waals surface area (Å²) in [5.74, 6) is -1.52. The van der Waals surface area contributed by atoms with Crippen molar-refractivity contribution in [2.24, 2.45) is 0 Å². The molecule has 2 fully saturated rings. The lowest BCUT2D eigenvalue weighted by molar-refractivity contribution is -0.143. The molecular weight excluding hydrogens is 549 g/mol. The first kappa shape index (κ1) is 25.2. The summed E-state index contributed by atoms with van der Waals surface area (Å²) in [6, 6.07) is 10.6. The standard InChI is InChI=1S/C26H25BrFN3O6/c27-18-5-8-21-17(12-18)9-10-26(21)23(33)31(25(36)37-26)15-22(32)30(13-16-3-6-19(28)7-4-16)20-2-1-11-29(14-20)24(34)35/h3-8,12,20H,1-2,9-11,13-15H2,(H,34,35). The third-order valence-corrected chi connectivity index (χ3v) is 7.80. The van der Waals surface area contributed by atoms with Crippen molar-refractivity contribution in [3.63, 3.8) is 0 Å². The molecule has 1 aliphatic carbocycles. The Hall–Kier alpha value is -3.47. The fourth-order valence-corrected chi connectivity index (χ4v) is 5.85. The van der Waals surface area contributed by atoms with Gasteiger partial charge in [0.05, 0.1) is 0 Å². The summed E-state index contributed by atoms with van der Waals surface area (Å²) in [4.78, 5) is 55.2. The Morgan fingerprint density at radius 2 is 1.95 bits per heavy atom. The fourth-order valence-electron chi connectivity index (χ4n) is 5.44. The maximum absolute atomic E-state index is 13.6. The number of rotatable bonds is 5. The van der Waals surface area contributed by atoms with Gasteiger partial charge in [0.2, 0.25) is 11.5 Å². The number of fused-ring (bicyclic) bond motifs is 2. The molecule has 5 rings (SSSR count). The molecular formula is C26H25BrFN3O6. The normalized spacial score (nSPS) is 22.8. The number of likely N-dealkylation sites (tertiary alicyclic amines) is 1. The van der Waals surface area contributed by atoms with E-state index in [1.807, 2.05) is 6.07 Å². The summed E-state index contributed by atoms with van der Waals surface area (Å²) in [6.07, 6.45) is 0.00596. The zero-order valence-corrected chi connectivity index (χ0v) is 21.4. The molecule has 194 valence electrons. The van der Waals surface area contributed by atoms with Crippen LogP contribution in [0.4, 0.5) is 14.0 Å². The summed E-state index contributed by atoms with van der Waals surface area (Å²) in [5.41, 5.74) is 0.721. The number of ether oxygens (including phenoxy) is 1. The van der Waals surface area contributed by atoms with Crippen LogP contribution < -0.4 is 0 Å². The number of halogens is 2. The average Bonchev–Trinajstić information content (AvgIpc) is 3.35. The van der Waals surface area contributed by atoms with Crippen LogP contribution in [-0.2, 0) is 32.9 Å². The van der Waals surface area contributed by atoms with Gasteiger partial charge in [0.15, 0.2) is 0 Å². The molecule has 9 nitrogen and oxygen atoms in total. The fraction of sp³-hybridized carbons (Fsp3) is 0.385. The number of hydrogen-bond acceptors (Lipinski definition) is 5. The van der Waals surface area contributed by atoms with Crippen LogP contribution in [0.5, 0.6) is 0 Å². The number of hydrogen-bond donors (Lipinski definition) is 1. The molecule has 3 aliphatic rings. The van der Waals surface area contributed by atoms with E-state index in [9.17, 15) is 28.7 Å². The lowest BCUT2D eigenvalue weighted by Gasteiger charge is -2.38. The van der Waals surface area contributed by atoms with Gasteiger partial charge in [0.25, 0.3) is 5.91 Å². The zero-order valence-electron chi connectivity index (χ0n) is 19.9. The Bertz CT molecular complexity index is 1270. The molecule has 2 aromatic carbocycles. The summed E-state index contributed by atoms with van der Waals surface area (Å²) >= 11 is 3.42. The summed E-state index contributed by atoms with van der Waals surface area (Å²) in [7, 11) is 0. The summed E-state index contributed by atoms with van der Waals surface area (Å²) in [5, 5.41) is 9.47. The number of imide groups is 1. The van der Waals surface area contributed by atoms with Gasteiger partial charge in [-0.15, -0.1) is 0 Å². The van der Waals surface area contributed by atoms with Crippen molar-refractivity contribution >= 4 is 39.9 Å². The van der Waals surface area contributed by atoms with E-state index in [-0.39, 0.29) is 13.1 Å². The van der Waals surface area contributed by atoms with Crippen molar-refractivity contribution in [1.82, 2.24) is 14.7 Å². The molecule has 0 saturated carbocycles. The number of amides is 4. The van der Waals surface area contributed by atoms with Crippen LogP contribution in [0.25, 0.3) is 0 Å². The molecule has 2 aromatic rings. The smallest absolute Gasteiger partial charge is 0.418 e. The first-order valence-electron chi connectivity index (χ1n) is 12.0. The van der Waals surface area contributed by atoms with Crippen LogP contribution in [0.15, 0.2) is 46.9 Å². The maximum atomic E-state index is 13.6. The van der Waals surface area contributed by atoms with Crippen LogP contribution in [0.3, 0.4) is 0 Å². The van der Waals surface area contributed by atoms with E-state index >= 15 is 0 Å². The predicted molar refractivity (Wildman–Crippen MR) is 132 cm³/mol. The highest BCUT2D eigenvalue weighted by Crippen LogP contribution is 2.46. The monoisotopic (exact) mass is 573 g/mol. The van der Waals surface area contributed by atoms with E-state index in [1.54, 1.807) is 24.3 Å². The maximum Gasteiger partial charge on any atom is 0.418 e. The average molecular weight is 574 g/mol. The first-order chi connectivity index (χ1) is 17.7. The molecule has 0 aromatic heterocycles. The molecule has 37 heavy (non-hydrogen) atoms. The molecule has 0 radical (unpaired) electrons.